The maximum atomic E-state index is 12.1. The summed E-state index contributed by atoms with van der Waals surface area (Å²) in [5.41, 5.74) is 1.15. The predicted molar refractivity (Wildman–Crippen MR) is 73.2 cm³/mol. The van der Waals surface area contributed by atoms with Crippen LogP contribution in [0, 0.1) is 0 Å². The average Bonchev–Trinajstić information content (AvgIpc) is 2.46. The molecule has 1 saturated heterocycles. The normalized spacial score (nSPS) is 18.3. The van der Waals surface area contributed by atoms with Gasteiger partial charge in [0.15, 0.2) is 0 Å². The van der Waals surface area contributed by atoms with Gasteiger partial charge in [0.2, 0.25) is 5.91 Å². The first-order valence-corrected chi connectivity index (χ1v) is 6.83. The van der Waals surface area contributed by atoms with Crippen molar-refractivity contribution in [1.29, 1.82) is 0 Å². The van der Waals surface area contributed by atoms with Gasteiger partial charge in [-0.15, -0.1) is 0 Å². The second-order valence-corrected chi connectivity index (χ2v) is 4.98. The van der Waals surface area contributed by atoms with E-state index in [1.165, 1.54) is 19.3 Å². The number of hydrogen-bond acceptors (Lipinski definition) is 2. The van der Waals surface area contributed by atoms with Gasteiger partial charge >= 0.3 is 0 Å². The van der Waals surface area contributed by atoms with E-state index in [2.05, 4.69) is 10.2 Å². The van der Waals surface area contributed by atoms with Crippen LogP contribution in [0.25, 0.3) is 0 Å². The SMILES string of the molecule is CC(C(=O)NCc1ccccc1)N1CCCCC1. The van der Waals surface area contributed by atoms with Gasteiger partial charge in [-0.1, -0.05) is 36.8 Å². The van der Waals surface area contributed by atoms with Crippen molar-refractivity contribution in [2.24, 2.45) is 0 Å². The number of nitrogens with zero attached hydrogens (tertiary/aromatic N) is 1. The van der Waals surface area contributed by atoms with Crippen molar-refractivity contribution in [3.63, 3.8) is 0 Å². The number of piperidine rings is 1. The third kappa shape index (κ3) is 3.57. The molecule has 1 aromatic carbocycles. The van der Waals surface area contributed by atoms with Crippen LogP contribution in [0.1, 0.15) is 31.7 Å². The van der Waals surface area contributed by atoms with E-state index in [1.807, 2.05) is 37.3 Å². The van der Waals surface area contributed by atoms with E-state index in [0.717, 1.165) is 18.7 Å². The highest BCUT2D eigenvalue weighted by Gasteiger charge is 2.22. The molecule has 1 aromatic rings. The molecule has 0 spiro atoms. The Morgan fingerprint density at radius 1 is 1.22 bits per heavy atom. The van der Waals surface area contributed by atoms with Crippen LogP contribution in [-0.4, -0.2) is 29.9 Å². The number of hydrogen-bond donors (Lipinski definition) is 1. The Bertz CT molecular complexity index is 371. The van der Waals surface area contributed by atoms with Gasteiger partial charge in [0.25, 0.3) is 0 Å². The molecule has 0 bridgehead atoms. The molecule has 0 aliphatic carbocycles. The zero-order chi connectivity index (χ0) is 12.8. The number of benzene rings is 1. The van der Waals surface area contributed by atoms with Gasteiger partial charge in [-0.25, -0.2) is 0 Å². The second-order valence-electron chi connectivity index (χ2n) is 4.98. The summed E-state index contributed by atoms with van der Waals surface area (Å²) in [6.45, 7) is 4.74. The first kappa shape index (κ1) is 13.1. The number of likely N-dealkylation sites (tertiary alicyclic amines) is 1. The second kappa shape index (κ2) is 6.55. The number of carbonyl (C=O) groups is 1. The summed E-state index contributed by atoms with van der Waals surface area (Å²) in [6, 6.07) is 10.0. The molecule has 3 heteroatoms. The summed E-state index contributed by atoms with van der Waals surface area (Å²) in [6.07, 6.45) is 3.74. The van der Waals surface area contributed by atoms with Crippen molar-refractivity contribution in [3.8, 4) is 0 Å². The molecular weight excluding hydrogens is 224 g/mol. The summed E-state index contributed by atoms with van der Waals surface area (Å²) in [4.78, 5) is 14.3. The first-order valence-electron chi connectivity index (χ1n) is 6.83. The van der Waals surface area contributed by atoms with Gasteiger partial charge in [0, 0.05) is 6.54 Å². The van der Waals surface area contributed by atoms with Crippen LogP contribution < -0.4 is 5.32 Å². The van der Waals surface area contributed by atoms with Crippen molar-refractivity contribution < 1.29 is 4.79 Å². The third-order valence-corrected chi connectivity index (χ3v) is 3.63. The number of carbonyl (C=O) groups excluding carboxylic acids is 1. The van der Waals surface area contributed by atoms with E-state index in [0.29, 0.717) is 6.54 Å². The topological polar surface area (TPSA) is 32.3 Å². The Morgan fingerprint density at radius 2 is 1.89 bits per heavy atom. The standard InChI is InChI=1S/C15H22N2O/c1-13(17-10-6-3-7-11-17)15(18)16-12-14-8-4-2-5-9-14/h2,4-5,8-9,13H,3,6-7,10-12H2,1H3,(H,16,18). The molecule has 18 heavy (non-hydrogen) atoms. The molecule has 98 valence electrons. The molecule has 1 unspecified atom stereocenters. The molecular formula is C15H22N2O. The lowest BCUT2D eigenvalue weighted by Gasteiger charge is -2.31. The van der Waals surface area contributed by atoms with Gasteiger partial charge in [0.1, 0.15) is 0 Å². The minimum atomic E-state index is -0.00554. The molecule has 1 N–H and O–H groups in total. The van der Waals surface area contributed by atoms with Crippen LogP contribution in [0.2, 0.25) is 0 Å². The van der Waals surface area contributed by atoms with Crippen molar-refractivity contribution in [1.82, 2.24) is 10.2 Å². The summed E-state index contributed by atoms with van der Waals surface area (Å²) >= 11 is 0. The lowest BCUT2D eigenvalue weighted by molar-refractivity contribution is -0.126. The fourth-order valence-electron chi connectivity index (χ4n) is 2.40. The maximum absolute atomic E-state index is 12.1. The average molecular weight is 246 g/mol. The molecule has 1 fully saturated rings. The summed E-state index contributed by atoms with van der Waals surface area (Å²) in [7, 11) is 0. The van der Waals surface area contributed by atoms with Gasteiger partial charge in [0.05, 0.1) is 6.04 Å². The van der Waals surface area contributed by atoms with E-state index in [9.17, 15) is 4.79 Å². The zero-order valence-corrected chi connectivity index (χ0v) is 11.1. The number of nitrogens with one attached hydrogen (secondary N) is 1. The molecule has 2 rings (SSSR count). The van der Waals surface area contributed by atoms with Crippen molar-refractivity contribution >= 4 is 5.91 Å². The number of amides is 1. The Morgan fingerprint density at radius 3 is 2.56 bits per heavy atom. The maximum Gasteiger partial charge on any atom is 0.237 e. The molecule has 1 aliphatic heterocycles. The van der Waals surface area contributed by atoms with Crippen LogP contribution in [-0.2, 0) is 11.3 Å². The zero-order valence-electron chi connectivity index (χ0n) is 11.1. The fourth-order valence-corrected chi connectivity index (χ4v) is 2.40. The van der Waals surface area contributed by atoms with Crippen molar-refractivity contribution in [2.75, 3.05) is 13.1 Å². The smallest absolute Gasteiger partial charge is 0.237 e. The van der Waals surface area contributed by atoms with Crippen LogP contribution in [0.3, 0.4) is 0 Å². The summed E-state index contributed by atoms with van der Waals surface area (Å²) < 4.78 is 0. The largest absolute Gasteiger partial charge is 0.351 e. The molecule has 1 aliphatic rings. The van der Waals surface area contributed by atoms with Gasteiger partial charge in [-0.2, -0.15) is 0 Å². The van der Waals surface area contributed by atoms with Gasteiger partial charge in [-0.05, 0) is 38.4 Å². The molecule has 0 aromatic heterocycles. The summed E-state index contributed by atoms with van der Waals surface area (Å²) in [5.74, 6) is 0.140. The van der Waals surface area contributed by atoms with E-state index in [-0.39, 0.29) is 11.9 Å². The molecule has 1 heterocycles. The minimum Gasteiger partial charge on any atom is -0.351 e. The van der Waals surface area contributed by atoms with E-state index < -0.39 is 0 Å². The Hall–Kier alpha value is -1.35. The monoisotopic (exact) mass is 246 g/mol. The molecule has 3 nitrogen and oxygen atoms in total. The van der Waals surface area contributed by atoms with Crippen LogP contribution in [0.15, 0.2) is 30.3 Å². The minimum absolute atomic E-state index is 0.00554. The quantitative estimate of drug-likeness (QED) is 0.883. The van der Waals surface area contributed by atoms with Crippen molar-refractivity contribution in [2.45, 2.75) is 38.8 Å². The number of rotatable bonds is 4. The lowest BCUT2D eigenvalue weighted by Crippen LogP contribution is -2.46. The van der Waals surface area contributed by atoms with E-state index in [1.54, 1.807) is 0 Å². The molecule has 0 saturated carbocycles. The third-order valence-electron chi connectivity index (χ3n) is 3.63. The van der Waals surface area contributed by atoms with Gasteiger partial charge < -0.3 is 5.32 Å². The van der Waals surface area contributed by atoms with Gasteiger partial charge in [-0.3, -0.25) is 9.69 Å². The predicted octanol–water partition coefficient (Wildman–Crippen LogP) is 2.18. The molecule has 1 amide bonds. The lowest BCUT2D eigenvalue weighted by atomic mass is 10.1. The Balaban J connectivity index is 1.80. The summed E-state index contributed by atoms with van der Waals surface area (Å²) in [5, 5.41) is 3.02. The van der Waals surface area contributed by atoms with Crippen molar-refractivity contribution in [3.05, 3.63) is 35.9 Å². The van der Waals surface area contributed by atoms with E-state index in [4.69, 9.17) is 0 Å². The van der Waals surface area contributed by atoms with Crippen LogP contribution >= 0.6 is 0 Å². The highest BCUT2D eigenvalue weighted by molar-refractivity contribution is 5.81. The highest BCUT2D eigenvalue weighted by atomic mass is 16.2. The highest BCUT2D eigenvalue weighted by Crippen LogP contribution is 2.12. The fraction of sp³-hybridized carbons (Fsp3) is 0.533. The van der Waals surface area contributed by atoms with Crippen LogP contribution in [0.5, 0.6) is 0 Å². The Labute approximate surface area is 109 Å². The molecule has 1 atom stereocenters. The first-order chi connectivity index (χ1) is 8.77. The Kier molecular flexibility index (Phi) is 4.76. The molecule has 0 radical (unpaired) electrons. The van der Waals surface area contributed by atoms with E-state index >= 15 is 0 Å². The van der Waals surface area contributed by atoms with Crippen LogP contribution in [0.4, 0.5) is 0 Å².